The van der Waals surface area contributed by atoms with Crippen molar-refractivity contribution in [3.8, 4) is 0 Å². The SMILES string of the molecule is C=C/C(C)=C\C(=C)C(=C)N=C(OC)c1ccccc1.CC. The second-order valence-electron chi connectivity index (χ2n) is 4.05. The average molecular weight is 283 g/mol. The Morgan fingerprint density at radius 2 is 1.71 bits per heavy atom. The third kappa shape index (κ3) is 6.57. The van der Waals surface area contributed by atoms with Crippen LogP contribution in [0.15, 0.2) is 84.1 Å². The zero-order valence-corrected chi connectivity index (χ0v) is 13.5. The summed E-state index contributed by atoms with van der Waals surface area (Å²) in [7, 11) is 1.59. The molecule has 0 unspecified atom stereocenters. The first kappa shape index (κ1) is 18.7. The van der Waals surface area contributed by atoms with E-state index in [2.05, 4.69) is 24.7 Å². The van der Waals surface area contributed by atoms with Gasteiger partial charge in [0.2, 0.25) is 5.90 Å². The molecule has 0 saturated heterocycles. The minimum absolute atomic E-state index is 0.524. The summed E-state index contributed by atoms with van der Waals surface area (Å²) in [6.07, 6.45) is 3.65. The highest BCUT2D eigenvalue weighted by Crippen LogP contribution is 2.14. The first-order valence-electron chi connectivity index (χ1n) is 6.95. The van der Waals surface area contributed by atoms with Gasteiger partial charge < -0.3 is 4.74 Å². The Kier molecular flexibility index (Phi) is 9.27. The second kappa shape index (κ2) is 10.4. The minimum Gasteiger partial charge on any atom is -0.481 e. The zero-order chi connectivity index (χ0) is 16.3. The summed E-state index contributed by atoms with van der Waals surface area (Å²) in [4.78, 5) is 4.37. The lowest BCUT2D eigenvalue weighted by Gasteiger charge is -2.07. The predicted molar refractivity (Wildman–Crippen MR) is 93.6 cm³/mol. The van der Waals surface area contributed by atoms with Crippen LogP contribution in [0.2, 0.25) is 0 Å². The van der Waals surface area contributed by atoms with Crippen molar-refractivity contribution in [2.75, 3.05) is 7.11 Å². The summed E-state index contributed by atoms with van der Waals surface area (Å²) in [6.45, 7) is 17.5. The van der Waals surface area contributed by atoms with Gasteiger partial charge in [0.1, 0.15) is 0 Å². The molecule has 2 nitrogen and oxygen atoms in total. The number of aliphatic imine (C=N–C) groups is 1. The summed E-state index contributed by atoms with van der Waals surface area (Å²) >= 11 is 0. The van der Waals surface area contributed by atoms with Gasteiger partial charge in [0, 0.05) is 5.56 Å². The molecule has 1 rings (SSSR count). The van der Waals surface area contributed by atoms with Crippen molar-refractivity contribution in [3.63, 3.8) is 0 Å². The average Bonchev–Trinajstić information content (AvgIpc) is 2.54. The molecule has 112 valence electrons. The number of nitrogens with zero attached hydrogens (tertiary/aromatic N) is 1. The molecule has 0 amide bonds. The van der Waals surface area contributed by atoms with E-state index in [0.29, 0.717) is 11.6 Å². The molecular weight excluding hydrogens is 258 g/mol. The molecule has 0 radical (unpaired) electrons. The van der Waals surface area contributed by atoms with E-state index >= 15 is 0 Å². The maximum absolute atomic E-state index is 5.30. The number of rotatable bonds is 5. The number of allylic oxidation sites excluding steroid dienone is 3. The lowest BCUT2D eigenvalue weighted by atomic mass is 10.1. The van der Waals surface area contributed by atoms with Gasteiger partial charge >= 0.3 is 0 Å². The molecule has 1 aromatic carbocycles. The Labute approximate surface area is 128 Å². The van der Waals surface area contributed by atoms with Gasteiger partial charge in [-0.15, -0.1) is 0 Å². The molecule has 0 saturated carbocycles. The fourth-order valence-electron chi connectivity index (χ4n) is 1.42. The Balaban J connectivity index is 0.00000191. The third-order valence-electron chi connectivity index (χ3n) is 2.55. The standard InChI is InChI=1S/C17H19NO.C2H6/c1-6-13(2)12-14(3)15(4)18-17(19-5)16-10-8-7-9-11-16;1-2/h6-12H,1,3-4H2,2,5H3;1-2H3/b13-12-,18-17?;. The topological polar surface area (TPSA) is 21.6 Å². The molecular formula is C19H25NO. The molecule has 0 N–H and O–H groups in total. The Hall–Kier alpha value is -2.35. The van der Waals surface area contributed by atoms with Gasteiger partial charge in [0.15, 0.2) is 0 Å². The second-order valence-corrected chi connectivity index (χ2v) is 4.05. The highest BCUT2D eigenvalue weighted by molar-refractivity contribution is 5.94. The zero-order valence-electron chi connectivity index (χ0n) is 13.5. The van der Waals surface area contributed by atoms with Crippen LogP contribution in [0, 0.1) is 0 Å². The van der Waals surface area contributed by atoms with Crippen molar-refractivity contribution in [1.82, 2.24) is 0 Å². The summed E-state index contributed by atoms with van der Waals surface area (Å²) in [5, 5.41) is 0. The molecule has 0 aromatic heterocycles. The lowest BCUT2D eigenvalue weighted by Crippen LogP contribution is -2.04. The van der Waals surface area contributed by atoms with Crippen molar-refractivity contribution in [3.05, 3.63) is 84.6 Å². The molecule has 0 spiro atoms. The van der Waals surface area contributed by atoms with Gasteiger partial charge in [0.05, 0.1) is 12.8 Å². The van der Waals surface area contributed by atoms with Crippen molar-refractivity contribution in [1.29, 1.82) is 0 Å². The molecule has 21 heavy (non-hydrogen) atoms. The van der Waals surface area contributed by atoms with E-state index in [9.17, 15) is 0 Å². The van der Waals surface area contributed by atoms with Crippen LogP contribution < -0.4 is 0 Å². The highest BCUT2D eigenvalue weighted by Gasteiger charge is 2.04. The largest absolute Gasteiger partial charge is 0.481 e. The highest BCUT2D eigenvalue weighted by atomic mass is 16.5. The maximum atomic E-state index is 5.30. The summed E-state index contributed by atoms with van der Waals surface area (Å²) in [6, 6.07) is 9.68. The molecule has 0 aliphatic rings. The van der Waals surface area contributed by atoms with Crippen LogP contribution in [0.1, 0.15) is 26.3 Å². The number of methoxy groups -OCH3 is 1. The number of benzene rings is 1. The number of ether oxygens (including phenoxy) is 1. The lowest BCUT2D eigenvalue weighted by molar-refractivity contribution is 0.404. The normalized spacial score (nSPS) is 11.0. The predicted octanol–water partition coefficient (Wildman–Crippen LogP) is 5.31. The van der Waals surface area contributed by atoms with Crippen molar-refractivity contribution < 1.29 is 4.74 Å². The van der Waals surface area contributed by atoms with Gasteiger partial charge in [-0.2, -0.15) is 0 Å². The van der Waals surface area contributed by atoms with Gasteiger partial charge in [0.25, 0.3) is 0 Å². The van der Waals surface area contributed by atoms with Crippen molar-refractivity contribution >= 4 is 5.90 Å². The third-order valence-corrected chi connectivity index (χ3v) is 2.55. The van der Waals surface area contributed by atoms with E-state index in [-0.39, 0.29) is 0 Å². The first-order chi connectivity index (χ1) is 10.1. The smallest absolute Gasteiger partial charge is 0.220 e. The molecule has 0 fully saturated rings. The van der Waals surface area contributed by atoms with Crippen LogP contribution in [0.4, 0.5) is 0 Å². The Morgan fingerprint density at radius 3 is 2.19 bits per heavy atom. The molecule has 0 bridgehead atoms. The van der Waals surface area contributed by atoms with E-state index in [1.54, 1.807) is 13.2 Å². The van der Waals surface area contributed by atoms with Gasteiger partial charge in [-0.3, -0.25) is 0 Å². The first-order valence-corrected chi connectivity index (χ1v) is 6.95. The maximum Gasteiger partial charge on any atom is 0.220 e. The number of hydrogen-bond acceptors (Lipinski definition) is 2. The number of hydrogen-bond donors (Lipinski definition) is 0. The fourth-order valence-corrected chi connectivity index (χ4v) is 1.42. The molecule has 1 aromatic rings. The van der Waals surface area contributed by atoms with E-state index in [1.807, 2.05) is 57.2 Å². The van der Waals surface area contributed by atoms with Crippen LogP contribution in [0.5, 0.6) is 0 Å². The van der Waals surface area contributed by atoms with Crippen LogP contribution >= 0.6 is 0 Å². The van der Waals surface area contributed by atoms with Crippen molar-refractivity contribution in [2.24, 2.45) is 4.99 Å². The van der Waals surface area contributed by atoms with E-state index in [4.69, 9.17) is 4.74 Å². The van der Waals surface area contributed by atoms with Crippen molar-refractivity contribution in [2.45, 2.75) is 20.8 Å². The van der Waals surface area contributed by atoms with Gasteiger partial charge in [-0.1, -0.05) is 69.5 Å². The molecule has 0 aliphatic heterocycles. The Morgan fingerprint density at radius 1 is 1.14 bits per heavy atom. The van der Waals surface area contributed by atoms with E-state index in [1.165, 1.54) is 0 Å². The molecule has 2 heteroatoms. The fraction of sp³-hybridized carbons (Fsp3) is 0.211. The monoisotopic (exact) mass is 283 g/mol. The molecule has 0 heterocycles. The molecule has 0 atom stereocenters. The van der Waals surface area contributed by atoms with Crippen LogP contribution in [0.3, 0.4) is 0 Å². The summed E-state index contributed by atoms with van der Waals surface area (Å²) in [5.41, 5.74) is 3.23. The van der Waals surface area contributed by atoms with Crippen LogP contribution in [-0.2, 0) is 4.74 Å². The van der Waals surface area contributed by atoms with Gasteiger partial charge in [-0.25, -0.2) is 4.99 Å². The quantitative estimate of drug-likeness (QED) is 0.408. The Bertz CT molecular complexity index is 536. The van der Waals surface area contributed by atoms with E-state index < -0.39 is 0 Å². The molecule has 0 aliphatic carbocycles. The summed E-state index contributed by atoms with van der Waals surface area (Å²) < 4.78 is 5.30. The minimum atomic E-state index is 0.524. The van der Waals surface area contributed by atoms with Crippen LogP contribution in [0.25, 0.3) is 0 Å². The van der Waals surface area contributed by atoms with Gasteiger partial charge in [-0.05, 0) is 24.6 Å². The summed E-state index contributed by atoms with van der Waals surface area (Å²) in [5.74, 6) is 0.524. The van der Waals surface area contributed by atoms with E-state index in [0.717, 1.165) is 16.7 Å². The van der Waals surface area contributed by atoms with Crippen LogP contribution in [-0.4, -0.2) is 13.0 Å².